The Balaban J connectivity index is 1.29. The highest BCUT2D eigenvalue weighted by molar-refractivity contribution is 6.07. The summed E-state index contributed by atoms with van der Waals surface area (Å²) in [5.41, 5.74) is 0.525. The summed E-state index contributed by atoms with van der Waals surface area (Å²) >= 11 is 0. The lowest BCUT2D eigenvalue weighted by molar-refractivity contribution is 0.0425. The molecule has 0 spiro atoms. The lowest BCUT2D eigenvalue weighted by Crippen LogP contribution is -2.19. The van der Waals surface area contributed by atoms with Crippen LogP contribution < -0.4 is 9.15 Å². The van der Waals surface area contributed by atoms with E-state index in [-0.39, 0.29) is 16.5 Å². The molecule has 0 bridgehead atoms. The zero-order valence-corrected chi connectivity index (χ0v) is 31.5. The third-order valence-corrected chi connectivity index (χ3v) is 10.2. The van der Waals surface area contributed by atoms with Crippen LogP contribution in [0.25, 0.3) is 27.8 Å². The SMILES string of the molecule is [2H]C([2H])([2H])C(c1ccc([N+]2=C=[N+](c3cc(C(C)(C)C)cc(C(F)(F)c4cnc5c6ccccc6n(-c6cc(C(C)(C)C)ccn6)c5c4)c3)c3ccccc32)cc1)(C([2H])([2H])[2H])C([2H])([2H])[2H]. The molecule has 3 aromatic heterocycles. The fraction of sp³-hybridized carbons (Fsp3) is 0.271. The van der Waals surface area contributed by atoms with Crippen LogP contribution in [0, 0.1) is 0 Å². The minimum atomic E-state index is -3.55. The number of benzene rings is 4. The fourth-order valence-corrected chi connectivity index (χ4v) is 7.08. The number of hydrogen-bond acceptors (Lipinski definition) is 2. The van der Waals surface area contributed by atoms with Gasteiger partial charge in [0.1, 0.15) is 5.82 Å². The highest BCUT2D eigenvalue weighted by Gasteiger charge is 2.41. The topological polar surface area (TPSA) is 36.7 Å². The lowest BCUT2D eigenvalue weighted by Gasteiger charge is -2.23. The molecule has 276 valence electrons. The summed E-state index contributed by atoms with van der Waals surface area (Å²) in [6.45, 7) is 1.86. The molecule has 0 amide bonds. The highest BCUT2D eigenvalue weighted by atomic mass is 19.3. The largest absolute Gasteiger partial charge is 0.503 e. The van der Waals surface area contributed by atoms with E-state index in [4.69, 9.17) is 17.3 Å². The van der Waals surface area contributed by atoms with Crippen LogP contribution in [-0.2, 0) is 22.2 Å². The highest BCUT2D eigenvalue weighted by Crippen LogP contribution is 2.44. The van der Waals surface area contributed by atoms with Crippen molar-refractivity contribution in [1.82, 2.24) is 23.7 Å². The van der Waals surface area contributed by atoms with Crippen LogP contribution in [0.4, 0.5) is 31.5 Å². The molecule has 8 rings (SSSR count). The molecule has 0 radical (unpaired) electrons. The number of nitrogens with zero attached hydrogens (tertiary/aromatic N) is 5. The second-order valence-electron chi connectivity index (χ2n) is 16.2. The predicted octanol–water partition coefficient (Wildman–Crippen LogP) is 12.5. The van der Waals surface area contributed by atoms with Crippen molar-refractivity contribution in [3.8, 4) is 5.82 Å². The Kier molecular flexibility index (Phi) is 6.18. The first-order valence-electron chi connectivity index (χ1n) is 22.6. The van der Waals surface area contributed by atoms with Gasteiger partial charge in [0.05, 0.1) is 16.6 Å². The maximum absolute atomic E-state index is 17.5. The Morgan fingerprint density at radius 3 is 1.89 bits per heavy atom. The van der Waals surface area contributed by atoms with E-state index in [0.717, 1.165) is 16.5 Å². The summed E-state index contributed by atoms with van der Waals surface area (Å²) in [5.74, 6) is -2.96. The van der Waals surface area contributed by atoms with Gasteiger partial charge in [-0.2, -0.15) is 8.78 Å². The smallest absolute Gasteiger partial charge is 0.292 e. The predicted molar refractivity (Wildman–Crippen MR) is 223 cm³/mol. The van der Waals surface area contributed by atoms with Crippen LogP contribution in [0.5, 0.6) is 0 Å². The summed E-state index contributed by atoms with van der Waals surface area (Å²) in [6.07, 6.45) is 2.96. The van der Waals surface area contributed by atoms with Gasteiger partial charge in [0.15, 0.2) is 0 Å². The van der Waals surface area contributed by atoms with Gasteiger partial charge in [-0.15, -0.1) is 0 Å². The molecule has 1 aliphatic rings. The number of fused-ring (bicyclic) bond motifs is 4. The maximum atomic E-state index is 17.5. The molecular weight excluding hydrogens is 685 g/mol. The molecule has 0 unspecified atom stereocenters. The van der Waals surface area contributed by atoms with Crippen molar-refractivity contribution in [2.45, 2.75) is 84.3 Å². The average Bonchev–Trinajstić information content (AvgIpc) is 3.75. The van der Waals surface area contributed by atoms with Gasteiger partial charge in [-0.25, -0.2) is 4.98 Å². The van der Waals surface area contributed by atoms with Crippen LogP contribution in [0.3, 0.4) is 0 Å². The van der Waals surface area contributed by atoms with Gasteiger partial charge in [-0.05, 0) is 72.4 Å². The minimum absolute atomic E-state index is 0.188. The van der Waals surface area contributed by atoms with Gasteiger partial charge < -0.3 is 0 Å². The Labute approximate surface area is 334 Å². The van der Waals surface area contributed by atoms with Crippen molar-refractivity contribution in [1.29, 1.82) is 0 Å². The normalized spacial score (nSPS) is 16.8. The molecule has 7 aromatic rings. The van der Waals surface area contributed by atoms with Gasteiger partial charge in [0, 0.05) is 77.6 Å². The van der Waals surface area contributed by atoms with E-state index in [0.29, 0.717) is 45.2 Å². The van der Waals surface area contributed by atoms with Crippen molar-refractivity contribution < 1.29 is 21.1 Å². The summed E-state index contributed by atoms with van der Waals surface area (Å²) in [6, 6.07) is 33.6. The van der Waals surface area contributed by atoms with Crippen LogP contribution >= 0.6 is 0 Å². The lowest BCUT2D eigenvalue weighted by atomic mass is 9.84. The molecule has 0 N–H and O–H groups in total. The monoisotopic (exact) mass is 740 g/mol. The Bertz CT molecular complexity index is 3020. The van der Waals surface area contributed by atoms with E-state index in [9.17, 15) is 0 Å². The Morgan fingerprint density at radius 2 is 1.22 bits per heavy atom. The molecule has 0 aliphatic carbocycles. The first-order valence-corrected chi connectivity index (χ1v) is 18.1. The number of halogens is 2. The number of para-hydroxylation sites is 3. The number of rotatable bonds is 5. The molecule has 5 nitrogen and oxygen atoms in total. The van der Waals surface area contributed by atoms with Crippen LogP contribution in [0.15, 0.2) is 122 Å². The maximum Gasteiger partial charge on any atom is 0.503 e. The van der Waals surface area contributed by atoms with Crippen LogP contribution in [0.1, 0.15) is 102 Å². The van der Waals surface area contributed by atoms with Gasteiger partial charge in [0.25, 0.3) is 17.3 Å². The molecule has 7 heteroatoms. The van der Waals surface area contributed by atoms with Crippen molar-refractivity contribution in [2.24, 2.45) is 0 Å². The third-order valence-electron chi connectivity index (χ3n) is 10.2. The second-order valence-corrected chi connectivity index (χ2v) is 16.2. The van der Waals surface area contributed by atoms with Crippen molar-refractivity contribution in [3.63, 3.8) is 0 Å². The summed E-state index contributed by atoms with van der Waals surface area (Å²) in [4.78, 5) is 9.37. The summed E-state index contributed by atoms with van der Waals surface area (Å²) in [7, 11) is 0. The van der Waals surface area contributed by atoms with E-state index in [2.05, 4.69) is 31.8 Å². The van der Waals surface area contributed by atoms with Gasteiger partial charge in [-0.1, -0.05) is 105 Å². The van der Waals surface area contributed by atoms with Crippen LogP contribution in [-0.4, -0.2) is 20.5 Å². The van der Waals surface area contributed by atoms with E-state index in [1.165, 1.54) is 48.7 Å². The molecule has 0 atom stereocenters. The van der Waals surface area contributed by atoms with Crippen LogP contribution in [0.2, 0.25) is 0 Å². The molecule has 0 saturated carbocycles. The number of alkyl halides is 2. The van der Waals surface area contributed by atoms with Gasteiger partial charge in [0.2, 0.25) is 11.4 Å². The summed E-state index contributed by atoms with van der Waals surface area (Å²) in [5, 5.41) is 0.802. The molecule has 1 aliphatic heterocycles. The summed E-state index contributed by atoms with van der Waals surface area (Å²) < 4.78 is 113. The zero-order valence-electron chi connectivity index (χ0n) is 40.5. The number of pyridine rings is 2. The second kappa shape index (κ2) is 12.6. The van der Waals surface area contributed by atoms with E-state index < -0.39 is 42.9 Å². The molecule has 0 fully saturated rings. The quantitative estimate of drug-likeness (QED) is 0.165. The first kappa shape index (κ1) is 26.9. The van der Waals surface area contributed by atoms with Crippen molar-refractivity contribution >= 4 is 50.7 Å². The van der Waals surface area contributed by atoms with Crippen molar-refractivity contribution in [2.75, 3.05) is 0 Å². The fourth-order valence-electron chi connectivity index (χ4n) is 7.08. The standard InChI is InChI=1S/C48H47F2N5/c1-45(2,3)31-18-20-36(21-19-31)53-30-54(41-17-13-12-16-40(41)53)37-25-33(47(7,8)9)24-34(26-37)48(49,50)35-27-42-44(52-29-35)38-14-10-11-15-39(38)55(42)43-28-32(22-23-51-43)46(4,5)6/h10-29H,1-9H3/q+2/i1D3,2D3,3D3. The number of aromatic nitrogens is 3. The Morgan fingerprint density at radius 1 is 0.582 bits per heavy atom. The number of hydrogen-bond donors (Lipinski definition) is 0. The van der Waals surface area contributed by atoms with E-state index in [1.54, 1.807) is 39.6 Å². The molecule has 0 saturated heterocycles. The van der Waals surface area contributed by atoms with E-state index >= 15 is 8.78 Å². The van der Waals surface area contributed by atoms with E-state index in [1.807, 2.05) is 67.8 Å². The molecular formula is C48H47F2N5+2. The first-order chi connectivity index (χ1) is 29.7. The van der Waals surface area contributed by atoms with Gasteiger partial charge >= 0.3 is 6.01 Å². The van der Waals surface area contributed by atoms with Gasteiger partial charge in [-0.3, -0.25) is 9.55 Å². The van der Waals surface area contributed by atoms with Crippen molar-refractivity contribution in [3.05, 3.63) is 149 Å². The minimum Gasteiger partial charge on any atom is -0.292 e. The molecule has 4 aromatic carbocycles. The molecule has 4 heterocycles. The third kappa shape index (κ3) is 6.36. The Hall–Kier alpha value is -5.78. The zero-order chi connectivity index (χ0) is 46.6. The average molecular weight is 741 g/mol. The molecule has 55 heavy (non-hydrogen) atoms.